The van der Waals surface area contributed by atoms with Crippen LogP contribution in [0.5, 0.6) is 0 Å². The summed E-state index contributed by atoms with van der Waals surface area (Å²) in [6.07, 6.45) is 3.24. The first-order valence-electron chi connectivity index (χ1n) is 8.79. The first kappa shape index (κ1) is 18.5. The van der Waals surface area contributed by atoms with Crippen molar-refractivity contribution in [3.8, 4) is 0 Å². The number of aryl methyl sites for hydroxylation is 2. The Morgan fingerprint density at radius 2 is 2.15 bits per heavy atom. The van der Waals surface area contributed by atoms with E-state index in [0.717, 1.165) is 29.9 Å². The molecule has 8 nitrogen and oxygen atoms in total. The van der Waals surface area contributed by atoms with Crippen molar-refractivity contribution in [3.05, 3.63) is 40.7 Å². The Bertz CT molecular complexity index is 783. The van der Waals surface area contributed by atoms with Gasteiger partial charge in [0.05, 0.1) is 12.2 Å². The third-order valence-corrected chi connectivity index (χ3v) is 4.85. The predicted octanol–water partition coefficient (Wildman–Crippen LogP) is 1.10. The van der Waals surface area contributed by atoms with Crippen LogP contribution in [0.25, 0.3) is 0 Å². The average Bonchev–Trinajstić information content (AvgIpc) is 2.97. The Morgan fingerprint density at radius 3 is 2.81 bits per heavy atom. The highest BCUT2D eigenvalue weighted by atomic mass is 16.5. The van der Waals surface area contributed by atoms with E-state index in [9.17, 15) is 9.90 Å². The first-order valence-corrected chi connectivity index (χ1v) is 8.79. The molecule has 0 radical (unpaired) electrons. The molecule has 2 aromatic heterocycles. The van der Waals surface area contributed by atoms with E-state index in [1.54, 1.807) is 13.3 Å². The molecule has 0 aromatic carbocycles. The van der Waals surface area contributed by atoms with Gasteiger partial charge in [-0.05, 0) is 38.3 Å². The van der Waals surface area contributed by atoms with Crippen LogP contribution in [0, 0.1) is 13.8 Å². The molecule has 1 amide bonds. The fourth-order valence-corrected chi connectivity index (χ4v) is 3.34. The van der Waals surface area contributed by atoms with Gasteiger partial charge in [-0.1, -0.05) is 0 Å². The van der Waals surface area contributed by atoms with Crippen LogP contribution in [0.2, 0.25) is 0 Å². The minimum Gasteiger partial charge on any atom is -0.388 e. The van der Waals surface area contributed by atoms with Gasteiger partial charge >= 0.3 is 0 Å². The minimum absolute atomic E-state index is 0.0876. The van der Waals surface area contributed by atoms with Crippen LogP contribution in [0.3, 0.4) is 0 Å². The number of aromatic nitrogens is 4. The molecule has 0 aliphatic heterocycles. The normalized spacial score (nSPS) is 19.2. The monoisotopic (exact) mass is 359 g/mol. The summed E-state index contributed by atoms with van der Waals surface area (Å²) in [7, 11) is 1.64. The smallest absolute Gasteiger partial charge is 0.253 e. The molecule has 2 heterocycles. The standard InChI is InChI=1S/C18H25N5O3/c1-11-6-12(2)19-9-15(11)18(25)20-14-7-13(8-14)17-22-21-16(10-24)23(17)4-5-26-3/h6,9,13-14,24H,4-5,7-8,10H2,1-3H3,(H,20,25). The number of hydrogen-bond acceptors (Lipinski definition) is 6. The number of carbonyl (C=O) groups is 1. The topological polar surface area (TPSA) is 102 Å². The maximum atomic E-state index is 12.4. The van der Waals surface area contributed by atoms with Crippen LogP contribution >= 0.6 is 0 Å². The number of ether oxygens (including phenoxy) is 1. The highest BCUT2D eigenvalue weighted by Crippen LogP contribution is 2.36. The number of carbonyl (C=O) groups excluding carboxylic acids is 1. The van der Waals surface area contributed by atoms with Crippen molar-refractivity contribution >= 4 is 5.91 Å². The number of nitrogens with zero attached hydrogens (tertiary/aromatic N) is 4. The van der Waals surface area contributed by atoms with Crippen molar-refractivity contribution < 1.29 is 14.6 Å². The van der Waals surface area contributed by atoms with Crippen LogP contribution in [-0.4, -0.2) is 50.5 Å². The number of aliphatic hydroxyl groups excluding tert-OH is 1. The van der Waals surface area contributed by atoms with Crippen molar-refractivity contribution in [1.82, 2.24) is 25.1 Å². The molecule has 0 atom stereocenters. The van der Waals surface area contributed by atoms with E-state index in [1.165, 1.54) is 0 Å². The van der Waals surface area contributed by atoms with Crippen molar-refractivity contribution in [2.24, 2.45) is 0 Å². The van der Waals surface area contributed by atoms with Crippen LogP contribution in [0.15, 0.2) is 12.3 Å². The molecule has 1 aliphatic carbocycles. The van der Waals surface area contributed by atoms with Gasteiger partial charge in [-0.15, -0.1) is 10.2 Å². The fourth-order valence-electron chi connectivity index (χ4n) is 3.34. The first-order chi connectivity index (χ1) is 12.5. The molecule has 0 unspecified atom stereocenters. The maximum absolute atomic E-state index is 12.4. The zero-order valence-corrected chi connectivity index (χ0v) is 15.4. The molecular weight excluding hydrogens is 334 g/mol. The van der Waals surface area contributed by atoms with Gasteiger partial charge in [0.25, 0.3) is 5.91 Å². The van der Waals surface area contributed by atoms with Gasteiger partial charge in [0, 0.05) is 37.5 Å². The van der Waals surface area contributed by atoms with Crippen molar-refractivity contribution in [2.45, 2.75) is 51.8 Å². The number of amides is 1. The van der Waals surface area contributed by atoms with Gasteiger partial charge in [-0.25, -0.2) is 0 Å². The minimum atomic E-state index is -0.150. The second-order valence-electron chi connectivity index (χ2n) is 6.76. The SMILES string of the molecule is COCCn1c(CO)nnc1C1CC(NC(=O)c2cnc(C)cc2C)C1. The molecule has 2 aromatic rings. The number of rotatable bonds is 7. The maximum Gasteiger partial charge on any atom is 0.253 e. The summed E-state index contributed by atoms with van der Waals surface area (Å²) in [5.41, 5.74) is 2.44. The lowest BCUT2D eigenvalue weighted by Crippen LogP contribution is -2.44. The van der Waals surface area contributed by atoms with E-state index in [-0.39, 0.29) is 24.5 Å². The van der Waals surface area contributed by atoms with Gasteiger partial charge in [0.2, 0.25) is 0 Å². The summed E-state index contributed by atoms with van der Waals surface area (Å²) >= 11 is 0. The molecule has 2 N–H and O–H groups in total. The molecule has 3 rings (SSSR count). The molecule has 1 aliphatic rings. The van der Waals surface area contributed by atoms with Crippen LogP contribution < -0.4 is 5.32 Å². The molecule has 8 heteroatoms. The van der Waals surface area contributed by atoms with Gasteiger partial charge in [-0.2, -0.15) is 0 Å². The molecule has 1 fully saturated rings. The summed E-state index contributed by atoms with van der Waals surface area (Å²) < 4.78 is 7.04. The highest BCUT2D eigenvalue weighted by Gasteiger charge is 2.35. The zero-order chi connectivity index (χ0) is 18.7. The van der Waals surface area contributed by atoms with Crippen molar-refractivity contribution in [3.63, 3.8) is 0 Å². The van der Waals surface area contributed by atoms with E-state index in [2.05, 4.69) is 20.5 Å². The second-order valence-corrected chi connectivity index (χ2v) is 6.76. The van der Waals surface area contributed by atoms with Crippen molar-refractivity contribution in [1.29, 1.82) is 0 Å². The largest absolute Gasteiger partial charge is 0.388 e. The molecule has 1 saturated carbocycles. The summed E-state index contributed by atoms with van der Waals surface area (Å²) in [4.78, 5) is 16.7. The Hall–Kier alpha value is -2.32. The number of aliphatic hydroxyl groups is 1. The molecule has 0 saturated heterocycles. The van der Waals surface area contributed by atoms with E-state index >= 15 is 0 Å². The molecule has 0 bridgehead atoms. The Labute approximate surface area is 152 Å². The van der Waals surface area contributed by atoms with Crippen LogP contribution in [0.1, 0.15) is 52.0 Å². The van der Waals surface area contributed by atoms with Crippen molar-refractivity contribution in [2.75, 3.05) is 13.7 Å². The lowest BCUT2D eigenvalue weighted by Gasteiger charge is -2.35. The van der Waals surface area contributed by atoms with Crippen LogP contribution in [0.4, 0.5) is 0 Å². The predicted molar refractivity (Wildman–Crippen MR) is 94.8 cm³/mol. The summed E-state index contributed by atoms with van der Waals surface area (Å²) in [6.45, 7) is 4.82. The number of methoxy groups -OCH3 is 1. The lowest BCUT2D eigenvalue weighted by atomic mass is 9.79. The van der Waals surface area contributed by atoms with Gasteiger partial charge in [0.15, 0.2) is 5.82 Å². The number of hydrogen-bond donors (Lipinski definition) is 2. The molecular formula is C18H25N5O3. The van der Waals surface area contributed by atoms with E-state index < -0.39 is 0 Å². The third-order valence-electron chi connectivity index (χ3n) is 4.85. The van der Waals surface area contributed by atoms with E-state index in [0.29, 0.717) is 24.5 Å². The Morgan fingerprint density at radius 1 is 1.38 bits per heavy atom. The zero-order valence-electron chi connectivity index (χ0n) is 15.4. The average molecular weight is 359 g/mol. The summed E-state index contributed by atoms with van der Waals surface area (Å²) in [6, 6.07) is 2.02. The highest BCUT2D eigenvalue weighted by molar-refractivity contribution is 5.95. The molecule has 0 spiro atoms. The summed E-state index contributed by atoms with van der Waals surface area (Å²) in [5.74, 6) is 1.54. The van der Waals surface area contributed by atoms with E-state index in [1.807, 2.05) is 24.5 Å². The Kier molecular flexibility index (Phi) is 5.63. The van der Waals surface area contributed by atoms with Gasteiger partial charge < -0.3 is 19.7 Å². The summed E-state index contributed by atoms with van der Waals surface area (Å²) in [5, 5.41) is 20.8. The lowest BCUT2D eigenvalue weighted by molar-refractivity contribution is 0.0905. The van der Waals surface area contributed by atoms with Crippen LogP contribution in [-0.2, 0) is 17.9 Å². The quantitative estimate of drug-likeness (QED) is 0.768. The van der Waals surface area contributed by atoms with Gasteiger partial charge in [-0.3, -0.25) is 9.78 Å². The molecule has 140 valence electrons. The van der Waals surface area contributed by atoms with Gasteiger partial charge in [0.1, 0.15) is 12.4 Å². The molecule has 26 heavy (non-hydrogen) atoms. The fraction of sp³-hybridized carbons (Fsp3) is 0.556. The second kappa shape index (κ2) is 7.92. The Balaban J connectivity index is 1.60. The number of nitrogens with one attached hydrogen (secondary N) is 1. The number of pyridine rings is 1. The van der Waals surface area contributed by atoms with E-state index in [4.69, 9.17) is 4.74 Å². The third kappa shape index (κ3) is 3.76.